The Morgan fingerprint density at radius 1 is 1.00 bits per heavy atom. The van der Waals surface area contributed by atoms with Crippen LogP contribution in [-0.2, 0) is 23.8 Å². The van der Waals surface area contributed by atoms with Crippen molar-refractivity contribution in [2.45, 2.75) is 20.8 Å². The average Bonchev–Trinajstić information content (AvgIpc) is 2.31. The summed E-state index contributed by atoms with van der Waals surface area (Å²) in [6.45, 7) is 7.35. The van der Waals surface area contributed by atoms with E-state index in [0.717, 1.165) is 0 Å². The van der Waals surface area contributed by atoms with Crippen LogP contribution in [0, 0.1) is 5.41 Å². The van der Waals surface area contributed by atoms with Crippen LogP contribution in [0.2, 0.25) is 0 Å². The molecule has 0 fully saturated rings. The highest BCUT2D eigenvalue weighted by molar-refractivity contribution is 5.84. The molecule has 0 aliphatic carbocycles. The summed E-state index contributed by atoms with van der Waals surface area (Å²) in [5.41, 5.74) is -0.369. The van der Waals surface area contributed by atoms with Gasteiger partial charge in [0, 0.05) is 19.1 Å². The fourth-order valence-electron chi connectivity index (χ4n) is 1.05. The molecule has 0 aromatic rings. The molecule has 0 saturated carbocycles. The van der Waals surface area contributed by atoms with Gasteiger partial charge in [-0.3, -0.25) is 9.59 Å². The van der Waals surface area contributed by atoms with E-state index in [0.29, 0.717) is 26.4 Å². The van der Waals surface area contributed by atoms with E-state index in [-0.39, 0.29) is 30.3 Å². The first kappa shape index (κ1) is 18.0. The van der Waals surface area contributed by atoms with Crippen LogP contribution >= 0.6 is 0 Å². The smallest absolute Gasteiger partial charge is 0.246 e. The maximum atomic E-state index is 11.5. The van der Waals surface area contributed by atoms with E-state index in [1.807, 2.05) is 20.8 Å². The third-order valence-corrected chi connectivity index (χ3v) is 2.29. The summed E-state index contributed by atoms with van der Waals surface area (Å²) in [5.74, 6) is -0.0996. The number of ether oxygens (including phenoxy) is 3. The van der Waals surface area contributed by atoms with Crippen molar-refractivity contribution in [1.29, 1.82) is 0 Å². The van der Waals surface area contributed by atoms with Gasteiger partial charge in [0.1, 0.15) is 13.2 Å². The van der Waals surface area contributed by atoms with Gasteiger partial charge in [-0.2, -0.15) is 0 Å². The predicted molar refractivity (Wildman–Crippen MR) is 71.0 cm³/mol. The van der Waals surface area contributed by atoms with Gasteiger partial charge in [-0.15, -0.1) is 0 Å². The normalized spacial score (nSPS) is 11.4. The lowest BCUT2D eigenvalue weighted by Gasteiger charge is -2.16. The summed E-state index contributed by atoms with van der Waals surface area (Å²) in [7, 11) is 1.46. The van der Waals surface area contributed by atoms with Gasteiger partial charge in [0.2, 0.25) is 5.91 Å². The van der Waals surface area contributed by atoms with Crippen LogP contribution in [0.5, 0.6) is 0 Å². The standard InChI is InChI=1S/C13H25NO5/c1-13(2,3)11(15)9-19-8-7-18-6-5-14-12(16)10-17-4/h5-10H2,1-4H3,(H,14,16). The van der Waals surface area contributed by atoms with E-state index < -0.39 is 0 Å². The molecule has 0 aromatic carbocycles. The highest BCUT2D eigenvalue weighted by Crippen LogP contribution is 2.14. The number of hydrogen-bond donors (Lipinski definition) is 1. The molecule has 0 spiro atoms. The molecule has 1 amide bonds. The summed E-state index contributed by atoms with van der Waals surface area (Å²) in [4.78, 5) is 22.5. The van der Waals surface area contributed by atoms with Crippen LogP contribution in [0.25, 0.3) is 0 Å². The fraction of sp³-hybridized carbons (Fsp3) is 0.846. The molecule has 0 unspecified atom stereocenters. The Labute approximate surface area is 114 Å². The molecular formula is C13H25NO5. The number of amides is 1. The average molecular weight is 275 g/mol. The molecule has 0 aliphatic heterocycles. The molecule has 112 valence electrons. The molecule has 0 bridgehead atoms. The first-order valence-corrected chi connectivity index (χ1v) is 6.32. The number of methoxy groups -OCH3 is 1. The number of ketones is 1. The van der Waals surface area contributed by atoms with Crippen molar-refractivity contribution in [2.24, 2.45) is 5.41 Å². The summed E-state index contributed by atoms with van der Waals surface area (Å²) >= 11 is 0. The monoisotopic (exact) mass is 275 g/mol. The van der Waals surface area contributed by atoms with Gasteiger partial charge < -0.3 is 19.5 Å². The predicted octanol–water partition coefficient (Wildman–Crippen LogP) is 0.397. The quantitative estimate of drug-likeness (QED) is 0.584. The molecule has 0 aliphatic rings. The molecule has 19 heavy (non-hydrogen) atoms. The number of hydrogen-bond acceptors (Lipinski definition) is 5. The molecule has 0 atom stereocenters. The maximum absolute atomic E-state index is 11.5. The van der Waals surface area contributed by atoms with Gasteiger partial charge in [0.25, 0.3) is 0 Å². The molecule has 6 heteroatoms. The minimum atomic E-state index is -0.369. The SMILES string of the molecule is COCC(=O)NCCOCCOCC(=O)C(C)(C)C. The van der Waals surface area contributed by atoms with Crippen molar-refractivity contribution < 1.29 is 23.8 Å². The molecule has 0 heterocycles. The topological polar surface area (TPSA) is 73.9 Å². The van der Waals surface area contributed by atoms with Gasteiger partial charge in [0.15, 0.2) is 5.78 Å². The second-order valence-corrected chi connectivity index (χ2v) is 5.12. The maximum Gasteiger partial charge on any atom is 0.246 e. The number of rotatable bonds is 10. The molecule has 6 nitrogen and oxygen atoms in total. The van der Waals surface area contributed by atoms with Crippen molar-refractivity contribution in [3.8, 4) is 0 Å². The van der Waals surface area contributed by atoms with E-state index in [1.165, 1.54) is 7.11 Å². The van der Waals surface area contributed by atoms with Gasteiger partial charge in [0.05, 0.1) is 19.8 Å². The zero-order chi connectivity index (χ0) is 14.7. The fourth-order valence-corrected chi connectivity index (χ4v) is 1.05. The largest absolute Gasteiger partial charge is 0.377 e. The van der Waals surface area contributed by atoms with Crippen molar-refractivity contribution in [2.75, 3.05) is 46.7 Å². The summed E-state index contributed by atoms with van der Waals surface area (Å²) in [5, 5.41) is 2.63. The van der Waals surface area contributed by atoms with Gasteiger partial charge in [-0.05, 0) is 0 Å². The van der Waals surface area contributed by atoms with E-state index in [2.05, 4.69) is 10.1 Å². The lowest BCUT2D eigenvalue weighted by Crippen LogP contribution is -2.30. The zero-order valence-electron chi connectivity index (χ0n) is 12.3. The molecular weight excluding hydrogens is 250 g/mol. The highest BCUT2D eigenvalue weighted by Gasteiger charge is 2.20. The van der Waals surface area contributed by atoms with Crippen LogP contribution < -0.4 is 5.32 Å². The van der Waals surface area contributed by atoms with E-state index in [1.54, 1.807) is 0 Å². The van der Waals surface area contributed by atoms with Crippen LogP contribution in [0.1, 0.15) is 20.8 Å². The second kappa shape index (κ2) is 9.89. The zero-order valence-corrected chi connectivity index (χ0v) is 12.3. The lowest BCUT2D eigenvalue weighted by molar-refractivity contribution is -0.131. The number of carbonyl (C=O) groups excluding carboxylic acids is 2. The summed E-state index contributed by atoms with van der Waals surface area (Å²) < 4.78 is 15.1. The Hall–Kier alpha value is -0.980. The third kappa shape index (κ3) is 10.6. The summed E-state index contributed by atoms with van der Waals surface area (Å²) in [6.07, 6.45) is 0. The molecule has 0 saturated heterocycles. The number of nitrogens with one attached hydrogen (secondary N) is 1. The third-order valence-electron chi connectivity index (χ3n) is 2.29. The summed E-state index contributed by atoms with van der Waals surface area (Å²) in [6, 6.07) is 0. The van der Waals surface area contributed by atoms with Crippen molar-refractivity contribution in [3.05, 3.63) is 0 Å². The van der Waals surface area contributed by atoms with Crippen molar-refractivity contribution in [3.63, 3.8) is 0 Å². The molecule has 0 radical (unpaired) electrons. The number of Topliss-reactive ketones (excluding diaryl/α,β-unsaturated/α-hetero) is 1. The second-order valence-electron chi connectivity index (χ2n) is 5.12. The molecule has 0 rings (SSSR count). The Morgan fingerprint density at radius 2 is 1.63 bits per heavy atom. The Bertz CT molecular complexity index is 273. The van der Waals surface area contributed by atoms with Gasteiger partial charge in [-0.1, -0.05) is 20.8 Å². The van der Waals surface area contributed by atoms with Gasteiger partial charge in [-0.25, -0.2) is 0 Å². The lowest BCUT2D eigenvalue weighted by atomic mass is 9.91. The molecule has 0 aromatic heterocycles. The van der Waals surface area contributed by atoms with Gasteiger partial charge >= 0.3 is 0 Å². The van der Waals surface area contributed by atoms with E-state index >= 15 is 0 Å². The van der Waals surface area contributed by atoms with E-state index in [4.69, 9.17) is 9.47 Å². The Morgan fingerprint density at radius 3 is 2.21 bits per heavy atom. The van der Waals surface area contributed by atoms with Crippen LogP contribution in [0.3, 0.4) is 0 Å². The number of carbonyl (C=O) groups is 2. The minimum absolute atomic E-state index is 0.0536. The van der Waals surface area contributed by atoms with Crippen molar-refractivity contribution >= 4 is 11.7 Å². The minimum Gasteiger partial charge on any atom is -0.377 e. The first-order valence-electron chi connectivity index (χ1n) is 6.32. The van der Waals surface area contributed by atoms with Crippen molar-refractivity contribution in [1.82, 2.24) is 5.32 Å². The van der Waals surface area contributed by atoms with E-state index in [9.17, 15) is 9.59 Å². The molecule has 1 N–H and O–H groups in total. The Balaban J connectivity index is 3.33. The highest BCUT2D eigenvalue weighted by atomic mass is 16.5. The van der Waals surface area contributed by atoms with Crippen LogP contribution in [0.4, 0.5) is 0 Å². The first-order chi connectivity index (χ1) is 8.88. The van der Waals surface area contributed by atoms with Crippen LogP contribution in [-0.4, -0.2) is 58.4 Å². The Kier molecular flexibility index (Phi) is 9.38. The van der Waals surface area contributed by atoms with Crippen LogP contribution in [0.15, 0.2) is 0 Å².